The summed E-state index contributed by atoms with van der Waals surface area (Å²) in [4.78, 5) is 16.8. The zero-order chi connectivity index (χ0) is 27.6. The third-order valence-corrected chi connectivity index (χ3v) is 7.19. The first-order chi connectivity index (χ1) is 18.9. The topological polar surface area (TPSA) is 93.7 Å². The van der Waals surface area contributed by atoms with Crippen molar-refractivity contribution in [3.8, 4) is 17.2 Å². The summed E-state index contributed by atoms with van der Waals surface area (Å²) in [6, 6.07) is 5.32. The highest BCUT2D eigenvalue weighted by atomic mass is 35.5. The van der Waals surface area contributed by atoms with Gasteiger partial charge in [0.15, 0.2) is 11.5 Å². The molecular formula is C30H39ClN4O4. The Kier molecular flexibility index (Phi) is 10.5. The minimum atomic E-state index is -0.279. The van der Waals surface area contributed by atoms with Crippen molar-refractivity contribution in [2.45, 2.75) is 46.0 Å². The first-order valence-corrected chi connectivity index (χ1v) is 14.1. The normalized spacial score (nSPS) is 16.2. The van der Waals surface area contributed by atoms with E-state index >= 15 is 0 Å². The quantitative estimate of drug-likeness (QED) is 0.314. The van der Waals surface area contributed by atoms with E-state index in [-0.39, 0.29) is 6.03 Å². The number of halogens is 1. The SMILES string of the molecule is COc1cc2c(OC3=CCC=C(NC(=O)NCCC(C)C)C(Cl)=C3)ccnc2cc1OCCC1CCNCC1. The van der Waals surface area contributed by atoms with E-state index in [0.29, 0.717) is 65.1 Å². The molecule has 2 heterocycles. The fraction of sp³-hybridized carbons (Fsp3) is 0.467. The number of nitrogens with one attached hydrogen (secondary N) is 3. The molecule has 0 unspecified atom stereocenters. The second kappa shape index (κ2) is 14.2. The molecule has 2 amide bonds. The number of allylic oxidation sites excluding steroid dienone is 4. The van der Waals surface area contributed by atoms with Gasteiger partial charge in [-0.05, 0) is 75.2 Å². The van der Waals surface area contributed by atoms with Crippen LogP contribution < -0.4 is 30.2 Å². The van der Waals surface area contributed by atoms with Crippen LogP contribution in [-0.4, -0.2) is 44.4 Å². The fourth-order valence-electron chi connectivity index (χ4n) is 4.60. The van der Waals surface area contributed by atoms with Crippen molar-refractivity contribution in [2.24, 2.45) is 11.8 Å². The van der Waals surface area contributed by atoms with Gasteiger partial charge in [0.2, 0.25) is 0 Å². The van der Waals surface area contributed by atoms with Crippen LogP contribution in [0, 0.1) is 11.8 Å². The predicted octanol–water partition coefficient (Wildman–Crippen LogP) is 6.03. The van der Waals surface area contributed by atoms with Crippen molar-refractivity contribution < 1.29 is 19.0 Å². The van der Waals surface area contributed by atoms with E-state index in [1.54, 1.807) is 19.4 Å². The van der Waals surface area contributed by atoms with Gasteiger partial charge in [-0.15, -0.1) is 0 Å². The van der Waals surface area contributed by atoms with Gasteiger partial charge in [-0.25, -0.2) is 4.79 Å². The molecule has 39 heavy (non-hydrogen) atoms. The highest BCUT2D eigenvalue weighted by molar-refractivity contribution is 6.32. The monoisotopic (exact) mass is 554 g/mol. The lowest BCUT2D eigenvalue weighted by molar-refractivity contribution is 0.242. The largest absolute Gasteiger partial charge is 0.493 e. The number of carbonyl (C=O) groups is 1. The molecule has 0 saturated carbocycles. The lowest BCUT2D eigenvalue weighted by Crippen LogP contribution is -2.36. The minimum absolute atomic E-state index is 0.279. The van der Waals surface area contributed by atoms with Gasteiger partial charge in [0.1, 0.15) is 11.5 Å². The van der Waals surface area contributed by atoms with Crippen molar-refractivity contribution in [1.82, 2.24) is 20.9 Å². The van der Waals surface area contributed by atoms with Crippen LogP contribution in [-0.2, 0) is 0 Å². The molecule has 0 bridgehead atoms. The maximum absolute atomic E-state index is 12.3. The van der Waals surface area contributed by atoms with Gasteiger partial charge in [-0.2, -0.15) is 0 Å². The van der Waals surface area contributed by atoms with E-state index in [4.69, 9.17) is 25.8 Å². The van der Waals surface area contributed by atoms with Crippen molar-refractivity contribution in [1.29, 1.82) is 0 Å². The Morgan fingerprint density at radius 2 is 2.00 bits per heavy atom. The van der Waals surface area contributed by atoms with E-state index in [0.717, 1.165) is 36.8 Å². The molecular weight excluding hydrogens is 516 g/mol. The second-order valence-corrected chi connectivity index (χ2v) is 10.7. The number of pyridine rings is 1. The molecule has 1 aliphatic heterocycles. The molecule has 1 aromatic heterocycles. The number of ether oxygens (including phenoxy) is 3. The van der Waals surface area contributed by atoms with Gasteiger partial charge < -0.3 is 30.2 Å². The summed E-state index contributed by atoms with van der Waals surface area (Å²) in [5.41, 5.74) is 1.29. The van der Waals surface area contributed by atoms with Crippen LogP contribution in [0.2, 0.25) is 0 Å². The van der Waals surface area contributed by atoms with Crippen LogP contribution in [0.15, 0.2) is 59.1 Å². The summed E-state index contributed by atoms with van der Waals surface area (Å²) >= 11 is 6.55. The summed E-state index contributed by atoms with van der Waals surface area (Å²) in [5, 5.41) is 10.3. The van der Waals surface area contributed by atoms with Crippen LogP contribution in [0.3, 0.4) is 0 Å². The molecule has 3 N–H and O–H groups in total. The third-order valence-electron chi connectivity index (χ3n) is 6.88. The molecule has 0 atom stereocenters. The molecule has 1 saturated heterocycles. The predicted molar refractivity (Wildman–Crippen MR) is 155 cm³/mol. The summed E-state index contributed by atoms with van der Waals surface area (Å²) in [6.45, 7) is 7.63. The van der Waals surface area contributed by atoms with Crippen LogP contribution in [0.4, 0.5) is 4.79 Å². The van der Waals surface area contributed by atoms with Gasteiger partial charge in [-0.3, -0.25) is 4.98 Å². The van der Waals surface area contributed by atoms with Gasteiger partial charge >= 0.3 is 6.03 Å². The van der Waals surface area contributed by atoms with Crippen LogP contribution >= 0.6 is 11.6 Å². The minimum Gasteiger partial charge on any atom is -0.493 e. The van der Waals surface area contributed by atoms with E-state index in [1.165, 1.54) is 12.8 Å². The molecule has 2 aromatic rings. The van der Waals surface area contributed by atoms with Crippen molar-refractivity contribution in [2.75, 3.05) is 33.4 Å². The zero-order valence-corrected chi connectivity index (χ0v) is 23.8. The van der Waals surface area contributed by atoms with E-state index in [1.807, 2.05) is 30.4 Å². The third kappa shape index (κ3) is 8.38. The molecule has 0 radical (unpaired) electrons. The number of amides is 2. The number of piperidine rings is 1. The maximum Gasteiger partial charge on any atom is 0.319 e. The Labute approximate surface area is 235 Å². The number of carbonyl (C=O) groups excluding carboxylic acids is 1. The number of aromatic nitrogens is 1. The summed E-state index contributed by atoms with van der Waals surface area (Å²) in [6.07, 6.45) is 12.0. The average molecular weight is 555 g/mol. The lowest BCUT2D eigenvalue weighted by Gasteiger charge is -2.22. The van der Waals surface area contributed by atoms with Gasteiger partial charge in [0.05, 0.1) is 30.0 Å². The van der Waals surface area contributed by atoms with E-state index in [9.17, 15) is 4.79 Å². The van der Waals surface area contributed by atoms with Crippen LogP contribution in [0.25, 0.3) is 10.9 Å². The van der Waals surface area contributed by atoms with Crippen molar-refractivity contribution >= 4 is 28.5 Å². The van der Waals surface area contributed by atoms with Gasteiger partial charge in [0.25, 0.3) is 0 Å². The number of fused-ring (bicyclic) bond motifs is 1. The van der Waals surface area contributed by atoms with Crippen molar-refractivity contribution in [3.63, 3.8) is 0 Å². The number of benzene rings is 1. The molecule has 2 aliphatic rings. The Hall–Kier alpha value is -3.23. The molecule has 1 aromatic carbocycles. The first-order valence-electron chi connectivity index (χ1n) is 13.7. The summed E-state index contributed by atoms with van der Waals surface area (Å²) in [7, 11) is 1.63. The standard InChI is InChI=1S/C30H39ClN4O4/c1-20(2)7-14-34-30(36)35-25-6-4-5-22(17-24(25)31)39-27-10-15-33-26-19-29(28(37-3)18-23(26)27)38-16-11-21-8-12-32-13-9-21/h5-6,10,15,17-21,32H,4,7-9,11-14,16H2,1-3H3,(H2,34,35,36). The first kappa shape index (κ1) is 28.8. The van der Waals surface area contributed by atoms with Crippen molar-refractivity contribution in [3.05, 3.63) is 59.1 Å². The smallest absolute Gasteiger partial charge is 0.319 e. The molecule has 210 valence electrons. The number of methoxy groups -OCH3 is 1. The molecule has 9 heteroatoms. The van der Waals surface area contributed by atoms with E-state index < -0.39 is 0 Å². The number of hydrogen-bond donors (Lipinski definition) is 3. The second-order valence-electron chi connectivity index (χ2n) is 10.3. The summed E-state index contributed by atoms with van der Waals surface area (Å²) < 4.78 is 18.0. The van der Waals surface area contributed by atoms with Gasteiger partial charge in [-0.1, -0.05) is 31.5 Å². The fourth-order valence-corrected chi connectivity index (χ4v) is 4.83. The number of nitrogens with zero attached hydrogens (tertiary/aromatic N) is 1. The Bertz CT molecular complexity index is 1230. The number of urea groups is 1. The lowest BCUT2D eigenvalue weighted by atomic mass is 9.95. The molecule has 0 spiro atoms. The maximum atomic E-state index is 12.3. The molecule has 1 aliphatic carbocycles. The van der Waals surface area contributed by atoms with E-state index in [2.05, 4.69) is 34.8 Å². The Morgan fingerprint density at radius 3 is 2.77 bits per heavy atom. The zero-order valence-electron chi connectivity index (χ0n) is 23.0. The average Bonchev–Trinajstić information content (AvgIpc) is 3.09. The number of rotatable bonds is 11. The molecule has 4 rings (SSSR count). The molecule has 8 nitrogen and oxygen atoms in total. The number of hydrogen-bond acceptors (Lipinski definition) is 6. The molecule has 1 fully saturated rings. The highest BCUT2D eigenvalue weighted by Crippen LogP contribution is 2.37. The Balaban J connectivity index is 1.42. The van der Waals surface area contributed by atoms with Crippen LogP contribution in [0.5, 0.6) is 17.2 Å². The van der Waals surface area contributed by atoms with Crippen LogP contribution in [0.1, 0.15) is 46.0 Å². The summed E-state index contributed by atoms with van der Waals surface area (Å²) in [5.74, 6) is 3.70. The van der Waals surface area contributed by atoms with Gasteiger partial charge in [0, 0.05) is 30.3 Å². The highest BCUT2D eigenvalue weighted by Gasteiger charge is 2.17. The Morgan fingerprint density at radius 1 is 1.18 bits per heavy atom.